The molecule has 10 heteroatoms. The van der Waals surface area contributed by atoms with Gasteiger partial charge in [-0.25, -0.2) is 4.98 Å². The van der Waals surface area contributed by atoms with Gasteiger partial charge in [0, 0.05) is 42.3 Å². The first-order valence-electron chi connectivity index (χ1n) is 12.1. The molecule has 0 aliphatic heterocycles. The van der Waals surface area contributed by atoms with Crippen LogP contribution in [-0.2, 0) is 6.54 Å². The normalized spacial score (nSPS) is 12.1. The number of carbonyl (C=O) groups excluding carboxylic acids is 1. The second kappa shape index (κ2) is 10.7. The first-order chi connectivity index (χ1) is 18.1. The summed E-state index contributed by atoms with van der Waals surface area (Å²) >= 11 is 0. The number of aromatic nitrogens is 6. The Bertz CT molecular complexity index is 1530. The standard InChI is InChI=1S/C27H28N8O2/c1-3-28-11-19-12-30-13-21(16(19)2)17-6-7-22-20(9-17)25(35-34-22)26-31-14-23(32-26)27(37)33-24(15-36)18-5-4-8-29-10-18/h4-10,12-14,24,28,36H,3,11,15H2,1-2H3,(H,31,32)(H,33,37)(H,34,35). The number of rotatable bonds is 9. The average Bonchev–Trinajstić information content (AvgIpc) is 3.58. The van der Waals surface area contributed by atoms with Gasteiger partial charge >= 0.3 is 0 Å². The molecular formula is C27H28N8O2. The molecule has 0 radical (unpaired) electrons. The van der Waals surface area contributed by atoms with E-state index < -0.39 is 6.04 Å². The number of aliphatic hydroxyl groups excluding tert-OH is 1. The van der Waals surface area contributed by atoms with Crippen LogP contribution in [0.3, 0.4) is 0 Å². The molecule has 10 nitrogen and oxygen atoms in total. The van der Waals surface area contributed by atoms with Gasteiger partial charge in [-0.3, -0.25) is 19.9 Å². The van der Waals surface area contributed by atoms with Crippen molar-refractivity contribution in [2.75, 3.05) is 13.2 Å². The van der Waals surface area contributed by atoms with Crippen LogP contribution in [0.25, 0.3) is 33.5 Å². The van der Waals surface area contributed by atoms with Crippen molar-refractivity contribution in [3.8, 4) is 22.6 Å². The van der Waals surface area contributed by atoms with Crippen molar-refractivity contribution in [3.05, 3.63) is 83.7 Å². The lowest BCUT2D eigenvalue weighted by atomic mass is 9.98. The highest BCUT2D eigenvalue weighted by molar-refractivity contribution is 5.96. The number of imidazole rings is 1. The number of hydrogen-bond acceptors (Lipinski definition) is 7. The smallest absolute Gasteiger partial charge is 0.269 e. The molecule has 0 saturated carbocycles. The lowest BCUT2D eigenvalue weighted by Gasteiger charge is -2.15. The zero-order chi connectivity index (χ0) is 25.8. The first kappa shape index (κ1) is 24.3. The second-order valence-corrected chi connectivity index (χ2v) is 8.72. The third kappa shape index (κ3) is 4.97. The van der Waals surface area contributed by atoms with Crippen molar-refractivity contribution < 1.29 is 9.90 Å². The summed E-state index contributed by atoms with van der Waals surface area (Å²) < 4.78 is 0. The fourth-order valence-corrected chi connectivity index (χ4v) is 4.27. The molecule has 0 aliphatic carbocycles. The molecule has 4 heterocycles. The lowest BCUT2D eigenvalue weighted by Crippen LogP contribution is -2.31. The number of benzene rings is 1. The van der Waals surface area contributed by atoms with E-state index in [0.29, 0.717) is 17.1 Å². The molecule has 1 unspecified atom stereocenters. The molecule has 0 spiro atoms. The molecule has 5 N–H and O–H groups in total. The Morgan fingerprint density at radius 1 is 1.14 bits per heavy atom. The van der Waals surface area contributed by atoms with E-state index >= 15 is 0 Å². The molecule has 0 aliphatic rings. The van der Waals surface area contributed by atoms with Crippen LogP contribution < -0.4 is 10.6 Å². The maximum atomic E-state index is 12.9. The highest BCUT2D eigenvalue weighted by Gasteiger charge is 2.19. The van der Waals surface area contributed by atoms with Gasteiger partial charge in [0.25, 0.3) is 5.91 Å². The van der Waals surface area contributed by atoms with E-state index in [1.165, 1.54) is 11.8 Å². The number of aromatic amines is 2. The van der Waals surface area contributed by atoms with E-state index in [0.717, 1.165) is 40.7 Å². The van der Waals surface area contributed by atoms with Crippen LogP contribution in [0, 0.1) is 6.92 Å². The number of aliphatic hydroxyl groups is 1. The summed E-state index contributed by atoms with van der Waals surface area (Å²) in [6.07, 6.45) is 8.49. The number of amides is 1. The number of fused-ring (bicyclic) bond motifs is 1. The maximum Gasteiger partial charge on any atom is 0.269 e. The van der Waals surface area contributed by atoms with E-state index in [-0.39, 0.29) is 18.2 Å². The quantitative estimate of drug-likeness (QED) is 0.211. The van der Waals surface area contributed by atoms with Gasteiger partial charge in [0.05, 0.1) is 24.4 Å². The molecular weight excluding hydrogens is 468 g/mol. The van der Waals surface area contributed by atoms with Crippen LogP contribution in [0.2, 0.25) is 0 Å². The van der Waals surface area contributed by atoms with E-state index in [9.17, 15) is 9.90 Å². The lowest BCUT2D eigenvalue weighted by molar-refractivity contribution is 0.0911. The molecule has 1 atom stereocenters. The van der Waals surface area contributed by atoms with E-state index in [1.807, 2.05) is 24.5 Å². The summed E-state index contributed by atoms with van der Waals surface area (Å²) in [7, 11) is 0. The van der Waals surface area contributed by atoms with Crippen LogP contribution in [0.4, 0.5) is 0 Å². The zero-order valence-electron chi connectivity index (χ0n) is 20.6. The van der Waals surface area contributed by atoms with Gasteiger partial charge in [0.1, 0.15) is 11.4 Å². The van der Waals surface area contributed by atoms with Crippen molar-refractivity contribution in [1.82, 2.24) is 40.8 Å². The number of nitrogens with one attached hydrogen (secondary N) is 4. The Morgan fingerprint density at radius 2 is 2.03 bits per heavy atom. The van der Waals surface area contributed by atoms with Gasteiger partial charge in [-0.1, -0.05) is 19.1 Å². The minimum atomic E-state index is -0.582. The Morgan fingerprint density at radius 3 is 2.81 bits per heavy atom. The van der Waals surface area contributed by atoms with E-state index in [4.69, 9.17) is 0 Å². The molecule has 0 fully saturated rings. The van der Waals surface area contributed by atoms with Crippen LogP contribution in [0.1, 0.15) is 40.1 Å². The van der Waals surface area contributed by atoms with Crippen molar-refractivity contribution >= 4 is 16.8 Å². The molecule has 4 aromatic heterocycles. The van der Waals surface area contributed by atoms with Crippen molar-refractivity contribution in [1.29, 1.82) is 0 Å². The van der Waals surface area contributed by atoms with Crippen molar-refractivity contribution in [2.45, 2.75) is 26.4 Å². The number of nitrogens with zero attached hydrogens (tertiary/aromatic N) is 4. The highest BCUT2D eigenvalue weighted by Crippen LogP contribution is 2.31. The van der Waals surface area contributed by atoms with Crippen molar-refractivity contribution in [2.24, 2.45) is 0 Å². The summed E-state index contributed by atoms with van der Waals surface area (Å²) in [5.74, 6) is 0.0765. The maximum absolute atomic E-state index is 12.9. The number of pyridine rings is 2. The van der Waals surface area contributed by atoms with Gasteiger partial charge < -0.3 is 20.7 Å². The van der Waals surface area contributed by atoms with E-state index in [1.54, 1.807) is 24.5 Å². The Balaban J connectivity index is 1.42. The largest absolute Gasteiger partial charge is 0.394 e. The summed E-state index contributed by atoms with van der Waals surface area (Å²) in [6, 6.07) is 9.05. The third-order valence-electron chi connectivity index (χ3n) is 6.38. The molecule has 1 aromatic carbocycles. The fourth-order valence-electron chi connectivity index (χ4n) is 4.27. The number of hydrogen-bond donors (Lipinski definition) is 5. The van der Waals surface area contributed by atoms with Crippen LogP contribution >= 0.6 is 0 Å². The van der Waals surface area contributed by atoms with Crippen LogP contribution in [0.5, 0.6) is 0 Å². The van der Waals surface area contributed by atoms with Crippen molar-refractivity contribution in [3.63, 3.8) is 0 Å². The number of H-pyrrole nitrogens is 2. The zero-order valence-corrected chi connectivity index (χ0v) is 20.6. The molecule has 188 valence electrons. The van der Waals surface area contributed by atoms with Crippen LogP contribution in [-0.4, -0.2) is 54.3 Å². The fraction of sp³-hybridized carbons (Fsp3) is 0.222. The van der Waals surface area contributed by atoms with Gasteiger partial charge in [-0.2, -0.15) is 5.10 Å². The second-order valence-electron chi connectivity index (χ2n) is 8.72. The predicted molar refractivity (Wildman–Crippen MR) is 141 cm³/mol. The monoisotopic (exact) mass is 496 g/mol. The van der Waals surface area contributed by atoms with Gasteiger partial charge in [-0.05, 0) is 53.9 Å². The van der Waals surface area contributed by atoms with Gasteiger partial charge in [0.15, 0.2) is 5.82 Å². The average molecular weight is 497 g/mol. The summed E-state index contributed by atoms with van der Waals surface area (Å²) in [4.78, 5) is 28.8. The topological polar surface area (TPSA) is 144 Å². The first-order valence-corrected chi connectivity index (χ1v) is 12.1. The number of carbonyl (C=O) groups is 1. The molecule has 0 bridgehead atoms. The molecule has 5 rings (SSSR count). The molecule has 0 saturated heterocycles. The summed E-state index contributed by atoms with van der Waals surface area (Å²) in [5.41, 5.74) is 6.83. The minimum Gasteiger partial charge on any atom is -0.394 e. The van der Waals surface area contributed by atoms with Crippen LogP contribution in [0.15, 0.2) is 61.3 Å². The highest BCUT2D eigenvalue weighted by atomic mass is 16.3. The summed E-state index contributed by atoms with van der Waals surface area (Å²) in [5, 5.41) is 24.3. The predicted octanol–water partition coefficient (Wildman–Crippen LogP) is 3.29. The van der Waals surface area contributed by atoms with Gasteiger partial charge in [-0.15, -0.1) is 0 Å². The Hall–Kier alpha value is -4.41. The molecule has 37 heavy (non-hydrogen) atoms. The minimum absolute atomic E-state index is 0.255. The van der Waals surface area contributed by atoms with Gasteiger partial charge in [0.2, 0.25) is 0 Å². The summed E-state index contributed by atoms with van der Waals surface area (Å²) in [6.45, 7) is 5.58. The molecule has 5 aromatic rings. The van der Waals surface area contributed by atoms with E-state index in [2.05, 4.69) is 60.7 Å². The Labute approximate surface area is 213 Å². The third-order valence-corrected chi connectivity index (χ3v) is 6.38. The Kier molecular flexibility index (Phi) is 7.02. The molecule has 1 amide bonds. The SMILES string of the molecule is CCNCc1cncc(-c2ccc3[nH]nc(-c4ncc(C(=O)NC(CO)c5cccnc5)[nH]4)c3c2)c1C.